The van der Waals surface area contributed by atoms with Gasteiger partial charge >= 0.3 is 7.60 Å². The summed E-state index contributed by atoms with van der Waals surface area (Å²) in [5.41, 5.74) is 1.44. The van der Waals surface area contributed by atoms with Gasteiger partial charge in [-0.2, -0.15) is 0 Å². The molecule has 1 N–H and O–H groups in total. The molecule has 0 saturated carbocycles. The SMILES string of the molecule is COP(=O)(OC)[C@@H](Nc1ccccc1)c1ccc(Cl)c(Cl)c1. The summed E-state index contributed by atoms with van der Waals surface area (Å²) in [6.45, 7) is 0. The standard InChI is InChI=1S/C15H16Cl2NO3P/c1-20-22(19,21-2)15(18-12-6-4-3-5-7-12)11-8-9-13(16)14(17)10-11/h3-10,15,18H,1-2H3/t15-/m1/s1. The first-order valence-corrected chi connectivity index (χ1v) is 8.84. The van der Waals surface area contributed by atoms with Crippen LogP contribution in [0.5, 0.6) is 0 Å². The average molecular weight is 360 g/mol. The van der Waals surface area contributed by atoms with Crippen LogP contribution in [-0.2, 0) is 13.6 Å². The van der Waals surface area contributed by atoms with Crippen LogP contribution in [0.4, 0.5) is 5.69 Å². The number of rotatable bonds is 6. The average Bonchev–Trinajstić information content (AvgIpc) is 2.55. The summed E-state index contributed by atoms with van der Waals surface area (Å²) < 4.78 is 23.2. The van der Waals surface area contributed by atoms with E-state index in [4.69, 9.17) is 32.2 Å². The van der Waals surface area contributed by atoms with E-state index < -0.39 is 13.4 Å². The Hall–Kier alpha value is -1.03. The van der Waals surface area contributed by atoms with Crippen LogP contribution in [0.3, 0.4) is 0 Å². The van der Waals surface area contributed by atoms with Gasteiger partial charge in [-0.1, -0.05) is 47.5 Å². The second kappa shape index (κ2) is 7.49. The first kappa shape index (κ1) is 17.3. The number of halogens is 2. The van der Waals surface area contributed by atoms with Gasteiger partial charge in [0.25, 0.3) is 0 Å². The van der Waals surface area contributed by atoms with E-state index >= 15 is 0 Å². The molecule has 0 bridgehead atoms. The van der Waals surface area contributed by atoms with Crippen molar-refractivity contribution in [2.75, 3.05) is 19.5 Å². The summed E-state index contributed by atoms with van der Waals surface area (Å²) in [6.07, 6.45) is 0. The van der Waals surface area contributed by atoms with Crippen LogP contribution in [0.2, 0.25) is 10.0 Å². The lowest BCUT2D eigenvalue weighted by Crippen LogP contribution is -2.13. The smallest absolute Gasteiger partial charge is 0.356 e. The van der Waals surface area contributed by atoms with E-state index in [0.717, 1.165) is 5.69 Å². The van der Waals surface area contributed by atoms with Crippen LogP contribution in [0.15, 0.2) is 48.5 Å². The summed E-state index contributed by atoms with van der Waals surface area (Å²) in [6, 6.07) is 14.4. The van der Waals surface area contributed by atoms with Gasteiger partial charge in [0.1, 0.15) is 0 Å². The Balaban J connectivity index is 2.45. The lowest BCUT2D eigenvalue weighted by molar-refractivity contribution is 0.268. The molecule has 4 nitrogen and oxygen atoms in total. The summed E-state index contributed by atoms with van der Waals surface area (Å²) in [4.78, 5) is 0. The van der Waals surface area contributed by atoms with Gasteiger partial charge in [-0.05, 0) is 29.8 Å². The molecule has 0 amide bonds. The van der Waals surface area contributed by atoms with Crippen molar-refractivity contribution >= 4 is 36.5 Å². The van der Waals surface area contributed by atoms with Crippen molar-refractivity contribution in [3.8, 4) is 0 Å². The van der Waals surface area contributed by atoms with Gasteiger partial charge in [0.15, 0.2) is 5.78 Å². The third-order valence-corrected chi connectivity index (χ3v) is 5.98. The molecule has 0 aliphatic rings. The number of hydrogen-bond acceptors (Lipinski definition) is 4. The highest BCUT2D eigenvalue weighted by molar-refractivity contribution is 7.54. The molecule has 0 heterocycles. The van der Waals surface area contributed by atoms with Crippen molar-refractivity contribution in [1.82, 2.24) is 0 Å². The second-order valence-corrected chi connectivity index (χ2v) is 7.63. The van der Waals surface area contributed by atoms with E-state index in [1.54, 1.807) is 18.2 Å². The van der Waals surface area contributed by atoms with E-state index in [2.05, 4.69) is 5.32 Å². The minimum Gasteiger partial charge on any atom is -0.368 e. The van der Waals surface area contributed by atoms with Crippen molar-refractivity contribution in [3.63, 3.8) is 0 Å². The Morgan fingerprint density at radius 1 is 1.00 bits per heavy atom. The summed E-state index contributed by atoms with van der Waals surface area (Å²) in [5.74, 6) is -0.709. The lowest BCUT2D eigenvalue weighted by Gasteiger charge is -2.26. The molecule has 1 atom stereocenters. The highest BCUT2D eigenvalue weighted by Gasteiger charge is 2.35. The predicted octanol–water partition coefficient (Wildman–Crippen LogP) is 5.59. The Kier molecular flexibility index (Phi) is 5.90. The Morgan fingerprint density at radius 2 is 1.64 bits per heavy atom. The predicted molar refractivity (Wildman–Crippen MR) is 90.9 cm³/mol. The number of para-hydroxylation sites is 1. The first-order valence-electron chi connectivity index (χ1n) is 6.48. The molecule has 0 saturated heterocycles. The normalized spacial score (nSPS) is 12.9. The van der Waals surface area contributed by atoms with Gasteiger partial charge in [0, 0.05) is 19.9 Å². The van der Waals surface area contributed by atoms with Crippen LogP contribution in [-0.4, -0.2) is 14.2 Å². The van der Waals surface area contributed by atoms with Crippen molar-refractivity contribution in [2.45, 2.75) is 5.78 Å². The molecule has 0 aliphatic carbocycles. The quantitative estimate of drug-likeness (QED) is 0.682. The zero-order valence-corrected chi connectivity index (χ0v) is 14.5. The van der Waals surface area contributed by atoms with E-state index in [1.165, 1.54) is 14.2 Å². The third kappa shape index (κ3) is 3.83. The maximum absolute atomic E-state index is 12.9. The fourth-order valence-electron chi connectivity index (χ4n) is 2.01. The summed E-state index contributed by atoms with van der Waals surface area (Å²) in [5, 5.41) is 3.97. The molecule has 0 radical (unpaired) electrons. The molecule has 2 aromatic carbocycles. The monoisotopic (exact) mass is 359 g/mol. The molecular weight excluding hydrogens is 344 g/mol. The zero-order valence-electron chi connectivity index (χ0n) is 12.1. The summed E-state index contributed by atoms with van der Waals surface area (Å²) >= 11 is 12.0. The van der Waals surface area contributed by atoms with Gasteiger partial charge in [0.2, 0.25) is 0 Å². The van der Waals surface area contributed by atoms with Crippen molar-refractivity contribution in [1.29, 1.82) is 0 Å². The molecule has 0 aliphatic heterocycles. The highest BCUT2D eigenvalue weighted by Crippen LogP contribution is 2.60. The largest absolute Gasteiger partial charge is 0.368 e. The van der Waals surface area contributed by atoms with Crippen LogP contribution in [0.1, 0.15) is 11.3 Å². The van der Waals surface area contributed by atoms with Crippen molar-refractivity contribution < 1.29 is 13.6 Å². The molecule has 22 heavy (non-hydrogen) atoms. The Morgan fingerprint density at radius 3 is 2.18 bits per heavy atom. The lowest BCUT2D eigenvalue weighted by atomic mass is 10.2. The van der Waals surface area contributed by atoms with Crippen molar-refractivity contribution in [3.05, 3.63) is 64.1 Å². The molecule has 7 heteroatoms. The number of benzene rings is 2. The van der Waals surface area contributed by atoms with Crippen LogP contribution < -0.4 is 5.32 Å². The fraction of sp³-hybridized carbons (Fsp3) is 0.200. The minimum absolute atomic E-state index is 0.373. The fourth-order valence-corrected chi connectivity index (χ4v) is 3.72. The molecule has 2 aromatic rings. The first-order chi connectivity index (χ1) is 10.5. The third-order valence-electron chi connectivity index (χ3n) is 3.16. The molecule has 0 spiro atoms. The minimum atomic E-state index is -3.43. The zero-order chi connectivity index (χ0) is 16.2. The second-order valence-electron chi connectivity index (χ2n) is 4.49. The molecule has 2 rings (SSSR count). The Labute approximate surface area is 139 Å². The highest BCUT2D eigenvalue weighted by atomic mass is 35.5. The van der Waals surface area contributed by atoms with Crippen LogP contribution in [0.25, 0.3) is 0 Å². The van der Waals surface area contributed by atoms with Crippen molar-refractivity contribution in [2.24, 2.45) is 0 Å². The summed E-state index contributed by atoms with van der Waals surface area (Å²) in [7, 11) is -0.729. The maximum atomic E-state index is 12.9. The van der Waals surface area contributed by atoms with Gasteiger partial charge in [-0.3, -0.25) is 4.57 Å². The Bertz CT molecular complexity index is 674. The topological polar surface area (TPSA) is 47.6 Å². The van der Waals surface area contributed by atoms with Gasteiger partial charge in [0.05, 0.1) is 10.0 Å². The number of hydrogen-bond donors (Lipinski definition) is 1. The molecule has 118 valence electrons. The maximum Gasteiger partial charge on any atom is 0.356 e. The molecule has 0 fully saturated rings. The van der Waals surface area contributed by atoms with Gasteiger partial charge < -0.3 is 14.4 Å². The number of nitrogens with one attached hydrogen (secondary N) is 1. The number of anilines is 1. The van der Waals surface area contributed by atoms with Gasteiger partial charge in [-0.15, -0.1) is 0 Å². The van der Waals surface area contributed by atoms with Crippen LogP contribution in [0, 0.1) is 0 Å². The van der Waals surface area contributed by atoms with Crippen LogP contribution >= 0.6 is 30.8 Å². The van der Waals surface area contributed by atoms with Gasteiger partial charge in [-0.25, -0.2) is 0 Å². The van der Waals surface area contributed by atoms with E-state index in [0.29, 0.717) is 15.6 Å². The molecule has 0 unspecified atom stereocenters. The van der Waals surface area contributed by atoms with E-state index in [-0.39, 0.29) is 0 Å². The van der Waals surface area contributed by atoms with E-state index in [1.807, 2.05) is 30.3 Å². The van der Waals surface area contributed by atoms with E-state index in [9.17, 15) is 4.57 Å². The molecular formula is C15H16Cl2NO3P. The molecule has 0 aromatic heterocycles.